The lowest BCUT2D eigenvalue weighted by Crippen LogP contribution is -2.65. The van der Waals surface area contributed by atoms with Crippen LogP contribution in [0.2, 0.25) is 0 Å². The fourth-order valence-electron chi connectivity index (χ4n) is 10.3. The molecule has 3 saturated carbocycles. The molecule has 370 valence electrons. The van der Waals surface area contributed by atoms with Crippen molar-refractivity contribution in [2.45, 2.75) is 199 Å². The SMILES string of the molecule is O=C(OC[C@H]1O[C@@H](OC[C@H]2O[C@@H](OC3CC4C(O)CC(O)CC4[OH+]C3C3CCC(O)C(O)C3)[C@H](O[C@@H]3OC[C@@H](O)[C@H](O)[C@H]3O)[C@@H](O)[C@H]2O)[C@H](O)[C@@H](O)[C@@H]1O)C1CCC(C(F)(F)F)CC1. The minimum atomic E-state index is -4.39. The summed E-state index contributed by atoms with van der Waals surface area (Å²) in [4.78, 5) is 12.8. The zero-order valence-corrected chi connectivity index (χ0v) is 34.8. The second kappa shape index (κ2) is 21.0. The van der Waals surface area contributed by atoms with Crippen molar-refractivity contribution < 1.29 is 117 Å². The monoisotopic (exact) mass is 937 g/mol. The zero-order valence-electron chi connectivity index (χ0n) is 34.8. The maximum atomic E-state index is 13.1. The van der Waals surface area contributed by atoms with Gasteiger partial charge in [-0.25, -0.2) is 0 Å². The Morgan fingerprint density at radius 2 is 1.27 bits per heavy atom. The highest BCUT2D eigenvalue weighted by atomic mass is 19.4. The molecule has 0 aromatic rings. The first-order valence-electron chi connectivity index (χ1n) is 22.2. The van der Waals surface area contributed by atoms with E-state index in [-0.39, 0.29) is 63.7 Å². The lowest BCUT2D eigenvalue weighted by atomic mass is 9.72. The molecule has 7 aliphatic rings. The van der Waals surface area contributed by atoms with Crippen LogP contribution >= 0.6 is 0 Å². The van der Waals surface area contributed by atoms with Gasteiger partial charge < -0.3 is 99.2 Å². The Morgan fingerprint density at radius 1 is 0.609 bits per heavy atom. The average molecular weight is 938 g/mol. The Morgan fingerprint density at radius 3 is 1.95 bits per heavy atom. The van der Waals surface area contributed by atoms with Gasteiger partial charge in [-0.15, -0.1) is 0 Å². The Hall–Kier alpha value is -1.50. The highest BCUT2D eigenvalue weighted by Gasteiger charge is 2.57. The highest BCUT2D eigenvalue weighted by molar-refractivity contribution is 5.72. The second-order valence-corrected chi connectivity index (χ2v) is 18.6. The van der Waals surface area contributed by atoms with Crippen LogP contribution in [0.1, 0.15) is 64.2 Å². The van der Waals surface area contributed by atoms with Crippen LogP contribution in [0.5, 0.6) is 0 Å². The molecule has 0 spiro atoms. The number of esters is 1. The van der Waals surface area contributed by atoms with Crippen molar-refractivity contribution in [2.24, 2.45) is 23.7 Å². The molecule has 9 unspecified atom stereocenters. The minimum Gasteiger partial charge on any atom is -0.463 e. The van der Waals surface area contributed by atoms with E-state index in [2.05, 4.69) is 0 Å². The lowest BCUT2D eigenvalue weighted by molar-refractivity contribution is -0.385. The van der Waals surface area contributed by atoms with Crippen molar-refractivity contribution in [3.8, 4) is 0 Å². The van der Waals surface area contributed by atoms with Crippen molar-refractivity contribution in [1.29, 1.82) is 0 Å². The first-order valence-corrected chi connectivity index (χ1v) is 22.2. The third-order valence-electron chi connectivity index (χ3n) is 14.3. The molecule has 7 rings (SSSR count). The van der Waals surface area contributed by atoms with Crippen molar-refractivity contribution in [3.05, 3.63) is 0 Å². The van der Waals surface area contributed by atoms with Gasteiger partial charge in [-0.2, -0.15) is 13.2 Å². The van der Waals surface area contributed by atoms with E-state index < -0.39 is 178 Å². The molecule has 0 aromatic carbocycles. The van der Waals surface area contributed by atoms with E-state index in [1.807, 2.05) is 0 Å². The number of aliphatic hydroxyl groups is 14. The molecule has 4 heterocycles. The van der Waals surface area contributed by atoms with E-state index >= 15 is 0 Å². The molecule has 24 heteroatoms. The summed E-state index contributed by atoms with van der Waals surface area (Å²) in [7, 11) is 0. The smallest absolute Gasteiger partial charge is 0.391 e. The van der Waals surface area contributed by atoms with E-state index in [0.717, 1.165) is 0 Å². The van der Waals surface area contributed by atoms with Crippen LogP contribution in [0.15, 0.2) is 0 Å². The predicted octanol–water partition coefficient (Wildman–Crippen LogP) is -4.30. The maximum absolute atomic E-state index is 13.1. The van der Waals surface area contributed by atoms with Crippen LogP contribution < -0.4 is 0 Å². The average Bonchev–Trinajstić information content (AvgIpc) is 3.25. The fourth-order valence-corrected chi connectivity index (χ4v) is 10.3. The minimum absolute atomic E-state index is 0.0693. The van der Waals surface area contributed by atoms with Crippen molar-refractivity contribution in [1.82, 2.24) is 0 Å². The first kappa shape index (κ1) is 50.4. The molecule has 7 fully saturated rings. The van der Waals surface area contributed by atoms with E-state index in [9.17, 15) is 79.2 Å². The number of rotatable bonds is 11. The van der Waals surface area contributed by atoms with Gasteiger partial charge in [0.15, 0.2) is 31.1 Å². The Balaban J connectivity index is 1.06. The van der Waals surface area contributed by atoms with Gasteiger partial charge in [0.1, 0.15) is 79.9 Å². The van der Waals surface area contributed by atoms with Crippen molar-refractivity contribution in [2.75, 3.05) is 19.8 Å². The molecular formula is C40H64F3O21+. The third-order valence-corrected chi connectivity index (χ3v) is 14.3. The van der Waals surface area contributed by atoms with Crippen LogP contribution in [0.4, 0.5) is 13.2 Å². The molecule has 3 aliphatic carbocycles. The summed E-state index contributed by atoms with van der Waals surface area (Å²) in [6, 6.07) is 0. The normalized spacial score (nSPS) is 50.6. The van der Waals surface area contributed by atoms with E-state index in [4.69, 9.17) is 37.9 Å². The molecule has 64 heavy (non-hydrogen) atoms. The molecule has 0 radical (unpaired) electrons. The summed E-state index contributed by atoms with van der Waals surface area (Å²) in [5.41, 5.74) is 0. The lowest BCUT2D eigenvalue weighted by Gasteiger charge is -2.49. The second-order valence-electron chi connectivity index (χ2n) is 18.6. The number of hydrogen-bond donors (Lipinski definition) is 12. The van der Waals surface area contributed by atoms with Crippen LogP contribution in [0.25, 0.3) is 0 Å². The summed E-state index contributed by atoms with van der Waals surface area (Å²) in [6.07, 6.45) is -34.4. The molecule has 4 aliphatic heterocycles. The number of halogens is 3. The third kappa shape index (κ3) is 11.2. The van der Waals surface area contributed by atoms with E-state index in [0.29, 0.717) is 6.42 Å². The van der Waals surface area contributed by atoms with Gasteiger partial charge in [0.05, 0.1) is 55.4 Å². The maximum Gasteiger partial charge on any atom is 0.391 e. The molecule has 0 bridgehead atoms. The summed E-state index contributed by atoms with van der Waals surface area (Å²) >= 11 is 0. The Bertz CT molecular complexity index is 1510. The summed E-state index contributed by atoms with van der Waals surface area (Å²) < 4.78 is 85.1. The van der Waals surface area contributed by atoms with Gasteiger partial charge in [-0.1, -0.05) is 0 Å². The molecule has 21 nitrogen and oxygen atoms in total. The number of hydrogen-bond acceptors (Lipinski definition) is 20. The number of carbonyl (C=O) groups is 1. The summed E-state index contributed by atoms with van der Waals surface area (Å²) in [6.45, 7) is -1.89. The van der Waals surface area contributed by atoms with Crippen molar-refractivity contribution in [3.63, 3.8) is 0 Å². The number of carbonyl (C=O) groups excluding carboxylic acids is 1. The molecule has 0 aromatic heterocycles. The molecule has 0 amide bonds. The van der Waals surface area contributed by atoms with Crippen LogP contribution in [0, 0.1) is 23.7 Å². The standard InChI is InChI=1S/C40H63F3O21/c41-40(42,43)16-4-1-14(2-5-16)36(56)57-12-25-28(50)30(52)33(55)37(62-25)59-13-26-29(51)31(53)35(64-38-32(54)27(49)22(48)11-58-38)39(63-26)61-24-10-18-20(46)8-17(44)9-23(18)60-34(24)15-3-6-19(45)21(47)7-15/h14-35,37-39,44-55H,1-13H2/p+1/t14?,15?,16?,17?,18?,19?,20?,21?,22-,23?,24?,25-,26-,27+,28-,29+,30+,31+,32-,33-,34?,35-,37-,38+,39-/m1/s1. The van der Waals surface area contributed by atoms with Gasteiger partial charge >= 0.3 is 12.1 Å². The topological polar surface area (TPSA) is 337 Å². The van der Waals surface area contributed by atoms with Gasteiger partial charge in [0.25, 0.3) is 0 Å². The van der Waals surface area contributed by atoms with Gasteiger partial charge in [0, 0.05) is 18.8 Å². The number of alkyl halides is 3. The van der Waals surface area contributed by atoms with Crippen LogP contribution in [-0.4, -0.2) is 227 Å². The molecule has 4 saturated heterocycles. The largest absolute Gasteiger partial charge is 0.463 e. The highest BCUT2D eigenvalue weighted by Crippen LogP contribution is 2.43. The number of fused-ring (bicyclic) bond motifs is 1. The number of aliphatic hydroxyl groups excluding tert-OH is 12. The zero-order chi connectivity index (χ0) is 46.4. The van der Waals surface area contributed by atoms with Gasteiger partial charge in [-0.05, 0) is 51.4 Å². The Kier molecular flexibility index (Phi) is 16.5. The van der Waals surface area contributed by atoms with Crippen molar-refractivity contribution >= 4 is 5.97 Å². The quantitative estimate of drug-likeness (QED) is 0.0689. The predicted molar refractivity (Wildman–Crippen MR) is 202 cm³/mol. The van der Waals surface area contributed by atoms with Crippen LogP contribution in [-0.2, 0) is 38.0 Å². The summed E-state index contributed by atoms with van der Waals surface area (Å²) in [5, 5.41) is 129. The van der Waals surface area contributed by atoms with E-state index in [1.54, 1.807) is 0 Å². The molecular weight excluding hydrogens is 873 g/mol. The first-order chi connectivity index (χ1) is 30.2. The van der Waals surface area contributed by atoms with E-state index in [1.165, 1.54) is 0 Å². The fraction of sp³-hybridized carbons (Fsp3) is 0.975. The Labute approximate surface area is 365 Å². The van der Waals surface area contributed by atoms with Crippen LogP contribution in [0.3, 0.4) is 0 Å². The molecule has 13 N–H and O–H groups in total. The molecule has 23 atom stereocenters. The van der Waals surface area contributed by atoms with Gasteiger partial charge in [0.2, 0.25) is 0 Å². The summed E-state index contributed by atoms with van der Waals surface area (Å²) in [5.74, 6) is -4.09. The van der Waals surface area contributed by atoms with Gasteiger partial charge in [-0.3, -0.25) is 4.79 Å². The number of ether oxygens (including phenoxy) is 8.